The number of carbonyl (C=O) groups excluding carboxylic acids is 4. The molecule has 17 nitrogen and oxygen atoms in total. The molecule has 0 aromatic carbocycles. The quantitative estimate of drug-likeness (QED) is 0.0311. The minimum absolute atomic E-state index is 0.0164. The third-order valence-corrected chi connectivity index (χ3v) is 5.84. The van der Waals surface area contributed by atoms with Crippen LogP contribution in [0.5, 0.6) is 0 Å². The largest absolute Gasteiger partial charge is 0.516 e. The van der Waals surface area contributed by atoms with Crippen molar-refractivity contribution in [3.05, 3.63) is 71.9 Å². The number of esters is 2. The van der Waals surface area contributed by atoms with Gasteiger partial charge in [0.05, 0.1) is 25.0 Å². The van der Waals surface area contributed by atoms with E-state index in [0.29, 0.717) is 25.0 Å². The van der Waals surface area contributed by atoms with Crippen molar-refractivity contribution in [1.29, 1.82) is 0 Å². The smallest absolute Gasteiger partial charge is 0.339 e. The summed E-state index contributed by atoms with van der Waals surface area (Å²) in [7, 11) is 0. The van der Waals surface area contributed by atoms with Gasteiger partial charge in [-0.2, -0.15) is 0 Å². The van der Waals surface area contributed by atoms with Crippen LogP contribution < -0.4 is 0 Å². The summed E-state index contributed by atoms with van der Waals surface area (Å²) in [6, 6.07) is 0. The van der Waals surface area contributed by atoms with Crippen molar-refractivity contribution in [3.63, 3.8) is 0 Å². The first-order valence-corrected chi connectivity index (χ1v) is 12.7. The summed E-state index contributed by atoms with van der Waals surface area (Å²) in [6.07, 6.45) is -0.753. The Morgan fingerprint density at radius 1 is 0.977 bits per heavy atom. The highest BCUT2D eigenvalue weighted by atomic mass is 16.6. The third-order valence-electron chi connectivity index (χ3n) is 5.84. The van der Waals surface area contributed by atoms with Crippen molar-refractivity contribution in [2.45, 2.75) is 44.2 Å². The Hall–Kier alpha value is -5.00. The maximum Gasteiger partial charge on any atom is 0.339 e. The Balaban J connectivity index is 2.75. The van der Waals surface area contributed by atoms with Crippen LogP contribution in [0.2, 0.25) is 0 Å². The van der Waals surface area contributed by atoms with Crippen LogP contribution in [0.25, 0.3) is 0 Å². The molecule has 44 heavy (non-hydrogen) atoms. The number of aliphatic hydroxyl groups excluding tert-OH is 8. The van der Waals surface area contributed by atoms with E-state index in [0.717, 1.165) is 18.2 Å². The van der Waals surface area contributed by atoms with E-state index in [4.69, 9.17) is 29.2 Å². The second-order valence-corrected chi connectivity index (χ2v) is 8.85. The molecule has 0 aromatic rings. The van der Waals surface area contributed by atoms with E-state index < -0.39 is 79.0 Å². The maximum atomic E-state index is 12.4. The fourth-order valence-corrected chi connectivity index (χ4v) is 3.57. The zero-order valence-corrected chi connectivity index (χ0v) is 23.1. The summed E-state index contributed by atoms with van der Waals surface area (Å²) in [5.74, 6) is -6.55. The molecular formula is C27H34O17. The van der Waals surface area contributed by atoms with E-state index in [1.165, 1.54) is 0 Å². The average molecular weight is 631 g/mol. The normalized spacial score (nSPS) is 18.7. The van der Waals surface area contributed by atoms with Crippen molar-refractivity contribution >= 4 is 24.9 Å². The van der Waals surface area contributed by atoms with E-state index in [1.54, 1.807) is 0 Å². The lowest BCUT2D eigenvalue weighted by molar-refractivity contribution is -0.158. The first-order chi connectivity index (χ1) is 21.0. The SMILES string of the molecule is O=CO/C(=C\O)CC(/C=C/O)C(=O)OCC(CCOC(O)C(/C=C/O)C/C(=C/O)OC(=O)C1=CC(O)=C(O)C(O)C1)OC=O. The van der Waals surface area contributed by atoms with Gasteiger partial charge in [-0.25, -0.2) is 4.79 Å². The van der Waals surface area contributed by atoms with Gasteiger partial charge in [-0.15, -0.1) is 0 Å². The lowest BCUT2D eigenvalue weighted by Gasteiger charge is -2.23. The first-order valence-electron chi connectivity index (χ1n) is 12.7. The highest BCUT2D eigenvalue weighted by Gasteiger charge is 2.28. The lowest BCUT2D eigenvalue weighted by atomic mass is 10.00. The van der Waals surface area contributed by atoms with Gasteiger partial charge in [0.25, 0.3) is 12.9 Å². The number of hydrogen-bond donors (Lipinski definition) is 8. The van der Waals surface area contributed by atoms with E-state index in [1.807, 2.05) is 0 Å². The molecule has 0 saturated carbocycles. The van der Waals surface area contributed by atoms with Crippen LogP contribution in [0.1, 0.15) is 25.7 Å². The number of aliphatic hydroxyl groups is 8. The topological polar surface area (TPSA) is 276 Å². The van der Waals surface area contributed by atoms with E-state index in [9.17, 15) is 49.8 Å². The van der Waals surface area contributed by atoms with Crippen molar-refractivity contribution in [2.24, 2.45) is 11.8 Å². The zero-order chi connectivity index (χ0) is 33.1. The van der Waals surface area contributed by atoms with Gasteiger partial charge in [0.15, 0.2) is 17.8 Å². The molecule has 0 aliphatic heterocycles. The molecule has 17 heteroatoms. The van der Waals surface area contributed by atoms with E-state index >= 15 is 0 Å². The highest BCUT2D eigenvalue weighted by Crippen LogP contribution is 2.25. The molecule has 5 unspecified atom stereocenters. The summed E-state index contributed by atoms with van der Waals surface area (Å²) in [5, 5.41) is 76.1. The Morgan fingerprint density at radius 2 is 1.66 bits per heavy atom. The van der Waals surface area contributed by atoms with Crippen LogP contribution in [-0.4, -0.2) is 97.4 Å². The van der Waals surface area contributed by atoms with Crippen LogP contribution in [0.15, 0.2) is 71.9 Å². The molecule has 1 aliphatic carbocycles. The summed E-state index contributed by atoms with van der Waals surface area (Å²) < 4.78 is 24.7. The van der Waals surface area contributed by atoms with Gasteiger partial charge in [-0.05, 0) is 18.2 Å². The van der Waals surface area contributed by atoms with E-state index in [-0.39, 0.29) is 43.7 Å². The van der Waals surface area contributed by atoms with Crippen LogP contribution in [0.3, 0.4) is 0 Å². The van der Waals surface area contributed by atoms with Gasteiger partial charge in [-0.1, -0.05) is 0 Å². The fourth-order valence-electron chi connectivity index (χ4n) is 3.57. The molecule has 0 radical (unpaired) electrons. The monoisotopic (exact) mass is 630 g/mol. The number of hydrogen-bond acceptors (Lipinski definition) is 17. The fraction of sp³-hybridized carbons (Fsp3) is 0.407. The van der Waals surface area contributed by atoms with Crippen molar-refractivity contribution < 1.29 is 83.7 Å². The molecule has 1 rings (SSSR count). The molecule has 0 aromatic heterocycles. The van der Waals surface area contributed by atoms with Crippen LogP contribution in [0, 0.1) is 11.8 Å². The molecule has 0 bridgehead atoms. The van der Waals surface area contributed by atoms with Crippen molar-refractivity contribution in [3.8, 4) is 0 Å². The number of carbonyl (C=O) groups is 4. The molecule has 1 aliphatic rings. The molecule has 8 N–H and O–H groups in total. The van der Waals surface area contributed by atoms with Crippen molar-refractivity contribution in [2.75, 3.05) is 13.2 Å². The Kier molecular flexibility index (Phi) is 16.8. The lowest BCUT2D eigenvalue weighted by Crippen LogP contribution is -2.29. The van der Waals surface area contributed by atoms with Gasteiger partial charge in [0, 0.05) is 37.2 Å². The average Bonchev–Trinajstić information content (AvgIpc) is 3.00. The number of allylic oxidation sites excluding steroid dienone is 3. The minimum atomic E-state index is -1.69. The Bertz CT molecular complexity index is 1150. The van der Waals surface area contributed by atoms with Gasteiger partial charge in [0.1, 0.15) is 42.9 Å². The van der Waals surface area contributed by atoms with Gasteiger partial charge in [-0.3, -0.25) is 14.4 Å². The Labute approximate surface area is 250 Å². The molecule has 5 atom stereocenters. The molecule has 0 fully saturated rings. The predicted octanol–water partition coefficient (Wildman–Crippen LogP) is 1.49. The van der Waals surface area contributed by atoms with E-state index in [2.05, 4.69) is 4.74 Å². The second-order valence-electron chi connectivity index (χ2n) is 8.85. The first kappa shape index (κ1) is 37.0. The maximum absolute atomic E-state index is 12.4. The zero-order valence-electron chi connectivity index (χ0n) is 23.1. The number of ether oxygens (including phenoxy) is 5. The summed E-state index contributed by atoms with van der Waals surface area (Å²) in [4.78, 5) is 46.2. The third kappa shape index (κ3) is 12.5. The van der Waals surface area contributed by atoms with Gasteiger partial charge in [0.2, 0.25) is 0 Å². The summed E-state index contributed by atoms with van der Waals surface area (Å²) in [5.41, 5.74) is -0.238. The molecule has 244 valence electrons. The van der Waals surface area contributed by atoms with Crippen molar-refractivity contribution in [1.82, 2.24) is 0 Å². The van der Waals surface area contributed by atoms with Crippen LogP contribution >= 0.6 is 0 Å². The minimum Gasteiger partial charge on any atom is -0.516 e. The molecule has 0 saturated heterocycles. The molecule has 0 heterocycles. The Morgan fingerprint density at radius 3 is 2.23 bits per heavy atom. The molecular weight excluding hydrogens is 596 g/mol. The summed E-state index contributed by atoms with van der Waals surface area (Å²) >= 11 is 0. The molecule has 0 spiro atoms. The highest BCUT2D eigenvalue weighted by molar-refractivity contribution is 5.90. The standard InChI is InChI=1S/C27H34O17/c28-4-1-16(7-20(11-30)43-15-33)26(38)41-13-19(42-14-32)3-6-40-25(37)17(2-5-29)8-21(12-31)44-27(39)18-9-22(34)24(36)23(35)10-18/h1-2,4-5,9,11-12,14-17,19,23,25,28-31,34-37H,3,6-8,10,13H2/b4-1+,5-2+,20-11-,21-12-. The van der Waals surface area contributed by atoms with Gasteiger partial charge >= 0.3 is 11.9 Å². The van der Waals surface area contributed by atoms with Gasteiger partial charge < -0.3 is 64.5 Å². The van der Waals surface area contributed by atoms with Crippen LogP contribution in [0.4, 0.5) is 0 Å². The molecule has 0 amide bonds. The number of rotatable bonds is 20. The van der Waals surface area contributed by atoms with Crippen LogP contribution in [-0.2, 0) is 42.9 Å². The predicted molar refractivity (Wildman–Crippen MR) is 144 cm³/mol. The summed E-state index contributed by atoms with van der Waals surface area (Å²) in [6.45, 7) is -0.718. The second kappa shape index (κ2) is 20.0.